The van der Waals surface area contributed by atoms with Crippen LogP contribution < -0.4 is 10.1 Å². The van der Waals surface area contributed by atoms with Crippen molar-refractivity contribution in [2.75, 3.05) is 32.5 Å². The van der Waals surface area contributed by atoms with E-state index in [4.69, 9.17) is 4.74 Å². The Morgan fingerprint density at radius 3 is 2.96 bits per heavy atom. The largest absolute Gasteiger partial charge is 0.492 e. The molecule has 1 aromatic rings. The third-order valence-corrected chi connectivity index (χ3v) is 4.96. The van der Waals surface area contributed by atoms with Gasteiger partial charge in [0.1, 0.15) is 18.2 Å². The average molecular weight is 344 g/mol. The monoisotopic (exact) mass is 344 g/mol. The SMILES string of the molecule is CS(=O)(=O)N1CCC[C@H](C(=O)NCCOc2cccc(F)c2)C1. The standard InChI is InChI=1S/C15H21FN2O4S/c1-23(20,21)18-8-3-4-12(11-18)15(19)17-7-9-22-14-6-2-5-13(16)10-14/h2,5-6,10,12H,3-4,7-9,11H2,1H3,(H,17,19)/t12-/m0/s1. The Bertz CT molecular complexity index is 651. The van der Waals surface area contributed by atoms with E-state index in [1.54, 1.807) is 12.1 Å². The van der Waals surface area contributed by atoms with Crippen molar-refractivity contribution >= 4 is 15.9 Å². The van der Waals surface area contributed by atoms with Gasteiger partial charge in [-0.1, -0.05) is 6.07 Å². The van der Waals surface area contributed by atoms with Crippen LogP contribution >= 0.6 is 0 Å². The highest BCUT2D eigenvalue weighted by molar-refractivity contribution is 7.88. The number of hydrogen-bond acceptors (Lipinski definition) is 4. The van der Waals surface area contributed by atoms with E-state index in [0.717, 1.165) is 6.26 Å². The lowest BCUT2D eigenvalue weighted by atomic mass is 9.99. The molecule has 2 rings (SSSR count). The molecule has 0 spiro atoms. The van der Waals surface area contributed by atoms with E-state index in [9.17, 15) is 17.6 Å². The fourth-order valence-electron chi connectivity index (χ4n) is 2.50. The number of rotatable bonds is 6. The summed E-state index contributed by atoms with van der Waals surface area (Å²) in [5, 5.41) is 2.73. The first-order chi connectivity index (χ1) is 10.9. The Morgan fingerprint density at radius 2 is 2.26 bits per heavy atom. The van der Waals surface area contributed by atoms with Crippen molar-refractivity contribution in [1.82, 2.24) is 9.62 Å². The van der Waals surface area contributed by atoms with Crippen LogP contribution in [0.1, 0.15) is 12.8 Å². The van der Waals surface area contributed by atoms with E-state index in [0.29, 0.717) is 25.1 Å². The Morgan fingerprint density at radius 1 is 1.48 bits per heavy atom. The van der Waals surface area contributed by atoms with Crippen LogP contribution in [0.15, 0.2) is 24.3 Å². The highest BCUT2D eigenvalue weighted by atomic mass is 32.2. The summed E-state index contributed by atoms with van der Waals surface area (Å²) >= 11 is 0. The van der Waals surface area contributed by atoms with Crippen molar-refractivity contribution in [3.05, 3.63) is 30.1 Å². The predicted molar refractivity (Wildman–Crippen MR) is 84.0 cm³/mol. The first-order valence-corrected chi connectivity index (χ1v) is 9.32. The smallest absolute Gasteiger partial charge is 0.224 e. The molecule has 1 aromatic carbocycles. The maximum absolute atomic E-state index is 13.0. The first-order valence-electron chi connectivity index (χ1n) is 7.47. The number of sulfonamides is 1. The van der Waals surface area contributed by atoms with Crippen LogP contribution in [-0.4, -0.2) is 51.1 Å². The number of piperidine rings is 1. The number of nitrogens with one attached hydrogen (secondary N) is 1. The number of carbonyl (C=O) groups is 1. The number of halogens is 1. The lowest BCUT2D eigenvalue weighted by Gasteiger charge is -2.30. The molecule has 1 amide bonds. The van der Waals surface area contributed by atoms with Gasteiger partial charge in [0, 0.05) is 19.2 Å². The number of ether oxygens (including phenoxy) is 1. The van der Waals surface area contributed by atoms with Gasteiger partial charge in [-0.2, -0.15) is 0 Å². The second kappa shape index (κ2) is 7.74. The number of nitrogens with zero attached hydrogens (tertiary/aromatic N) is 1. The first kappa shape index (κ1) is 17.7. The minimum absolute atomic E-state index is 0.179. The van der Waals surface area contributed by atoms with Crippen molar-refractivity contribution in [1.29, 1.82) is 0 Å². The van der Waals surface area contributed by atoms with Gasteiger partial charge in [0.15, 0.2) is 0 Å². The summed E-state index contributed by atoms with van der Waals surface area (Å²) in [6.07, 6.45) is 2.49. The summed E-state index contributed by atoms with van der Waals surface area (Å²) in [5.41, 5.74) is 0. The second-order valence-electron chi connectivity index (χ2n) is 5.56. The van der Waals surface area contributed by atoms with Gasteiger partial charge in [-0.3, -0.25) is 4.79 Å². The van der Waals surface area contributed by atoms with Crippen molar-refractivity contribution in [3.8, 4) is 5.75 Å². The molecule has 1 fully saturated rings. The van der Waals surface area contributed by atoms with E-state index in [1.807, 2.05) is 0 Å². The van der Waals surface area contributed by atoms with Crippen LogP contribution in [0, 0.1) is 11.7 Å². The maximum Gasteiger partial charge on any atom is 0.224 e. The minimum Gasteiger partial charge on any atom is -0.492 e. The molecule has 0 aromatic heterocycles. The summed E-state index contributed by atoms with van der Waals surface area (Å²) in [6.45, 7) is 1.18. The second-order valence-corrected chi connectivity index (χ2v) is 7.54. The molecule has 0 radical (unpaired) electrons. The lowest BCUT2D eigenvalue weighted by molar-refractivity contribution is -0.126. The molecule has 8 heteroatoms. The third-order valence-electron chi connectivity index (χ3n) is 3.69. The molecule has 1 aliphatic rings. The van der Waals surface area contributed by atoms with Gasteiger partial charge in [0.2, 0.25) is 15.9 Å². The Labute approximate surface area is 135 Å². The molecule has 1 atom stereocenters. The number of benzene rings is 1. The van der Waals surface area contributed by atoms with Crippen molar-refractivity contribution in [3.63, 3.8) is 0 Å². The van der Waals surface area contributed by atoms with Crippen LogP contribution in [0.2, 0.25) is 0 Å². The molecule has 1 heterocycles. The Kier molecular flexibility index (Phi) is 5.95. The summed E-state index contributed by atoms with van der Waals surface area (Å²) in [5.74, 6) is -0.497. The van der Waals surface area contributed by atoms with Gasteiger partial charge < -0.3 is 10.1 Å². The zero-order valence-electron chi connectivity index (χ0n) is 13.0. The quantitative estimate of drug-likeness (QED) is 0.781. The molecule has 0 aliphatic carbocycles. The maximum atomic E-state index is 13.0. The molecule has 0 unspecified atom stereocenters. The molecule has 23 heavy (non-hydrogen) atoms. The van der Waals surface area contributed by atoms with Crippen LogP contribution in [-0.2, 0) is 14.8 Å². The van der Waals surface area contributed by atoms with Crippen molar-refractivity contribution in [2.45, 2.75) is 12.8 Å². The van der Waals surface area contributed by atoms with Crippen LogP contribution in [0.5, 0.6) is 5.75 Å². The van der Waals surface area contributed by atoms with Crippen molar-refractivity contribution in [2.24, 2.45) is 5.92 Å². The van der Waals surface area contributed by atoms with Crippen molar-refractivity contribution < 1.29 is 22.3 Å². The number of carbonyl (C=O) groups excluding carboxylic acids is 1. The Hall–Kier alpha value is -1.67. The highest BCUT2D eigenvalue weighted by Crippen LogP contribution is 2.18. The molecule has 128 valence electrons. The van der Waals surface area contributed by atoms with Crippen LogP contribution in [0.4, 0.5) is 4.39 Å². The van der Waals surface area contributed by atoms with E-state index in [2.05, 4.69) is 5.32 Å². The molecule has 1 aliphatic heterocycles. The zero-order chi connectivity index (χ0) is 16.9. The molecule has 0 saturated carbocycles. The fourth-order valence-corrected chi connectivity index (χ4v) is 3.41. The van der Waals surface area contributed by atoms with Gasteiger partial charge in [0.25, 0.3) is 0 Å². The molecule has 1 saturated heterocycles. The summed E-state index contributed by atoms with van der Waals surface area (Å²) in [7, 11) is -3.26. The van der Waals surface area contributed by atoms with E-state index < -0.39 is 10.0 Å². The minimum atomic E-state index is -3.26. The molecular weight excluding hydrogens is 323 g/mol. The normalized spacial score (nSPS) is 19.3. The van der Waals surface area contributed by atoms with Gasteiger partial charge >= 0.3 is 0 Å². The van der Waals surface area contributed by atoms with E-state index >= 15 is 0 Å². The van der Waals surface area contributed by atoms with Gasteiger partial charge in [-0.25, -0.2) is 17.1 Å². The highest BCUT2D eigenvalue weighted by Gasteiger charge is 2.29. The predicted octanol–water partition coefficient (Wildman–Crippen LogP) is 0.992. The summed E-state index contributed by atoms with van der Waals surface area (Å²) < 4.78 is 42.7. The molecule has 0 bridgehead atoms. The van der Waals surface area contributed by atoms with Crippen LogP contribution in [0.3, 0.4) is 0 Å². The lowest BCUT2D eigenvalue weighted by Crippen LogP contribution is -2.45. The summed E-state index contributed by atoms with van der Waals surface area (Å²) in [6, 6.07) is 5.78. The van der Waals surface area contributed by atoms with Gasteiger partial charge in [-0.05, 0) is 25.0 Å². The van der Waals surface area contributed by atoms with Gasteiger partial charge in [0.05, 0.1) is 18.7 Å². The topological polar surface area (TPSA) is 75.7 Å². The summed E-state index contributed by atoms with van der Waals surface area (Å²) in [4.78, 5) is 12.1. The molecule has 6 nitrogen and oxygen atoms in total. The van der Waals surface area contributed by atoms with E-state index in [-0.39, 0.29) is 37.3 Å². The third kappa shape index (κ3) is 5.47. The van der Waals surface area contributed by atoms with Crippen LogP contribution in [0.25, 0.3) is 0 Å². The van der Waals surface area contributed by atoms with E-state index in [1.165, 1.54) is 16.4 Å². The molecule has 1 N–H and O–H groups in total. The number of amides is 1. The number of hydrogen-bond donors (Lipinski definition) is 1. The zero-order valence-corrected chi connectivity index (χ0v) is 13.8. The fraction of sp³-hybridized carbons (Fsp3) is 0.533. The Balaban J connectivity index is 1.74. The molecular formula is C15H21FN2O4S. The van der Waals surface area contributed by atoms with Gasteiger partial charge in [-0.15, -0.1) is 0 Å². The average Bonchev–Trinajstić information content (AvgIpc) is 2.51.